The van der Waals surface area contributed by atoms with Crippen LogP contribution in [-0.4, -0.2) is 19.7 Å². The van der Waals surface area contributed by atoms with E-state index in [0.29, 0.717) is 6.54 Å². The van der Waals surface area contributed by atoms with Crippen molar-refractivity contribution in [1.82, 2.24) is 19.7 Å². The normalized spacial score (nSPS) is 12.2. The Bertz CT molecular complexity index is 663. The average molecular weight is 265 g/mol. The summed E-state index contributed by atoms with van der Waals surface area (Å²) < 4.78 is 2.00. The van der Waals surface area contributed by atoms with Gasteiger partial charge in [-0.25, -0.2) is 4.98 Å². The number of aromatic nitrogens is 4. The van der Waals surface area contributed by atoms with Crippen molar-refractivity contribution >= 4 is 0 Å². The van der Waals surface area contributed by atoms with Gasteiger partial charge in [0.1, 0.15) is 0 Å². The SMILES string of the molecule is NC(c1ccccc1)c1cncn1Cc1cccnn1. The van der Waals surface area contributed by atoms with Crippen LogP contribution in [0.3, 0.4) is 0 Å². The van der Waals surface area contributed by atoms with Crippen molar-refractivity contribution in [2.45, 2.75) is 12.6 Å². The van der Waals surface area contributed by atoms with Gasteiger partial charge in [0, 0.05) is 6.20 Å². The van der Waals surface area contributed by atoms with Gasteiger partial charge >= 0.3 is 0 Å². The summed E-state index contributed by atoms with van der Waals surface area (Å²) in [5, 5.41) is 7.97. The zero-order valence-electron chi connectivity index (χ0n) is 10.9. The summed E-state index contributed by atoms with van der Waals surface area (Å²) >= 11 is 0. The van der Waals surface area contributed by atoms with Gasteiger partial charge in [0.25, 0.3) is 0 Å². The van der Waals surface area contributed by atoms with Gasteiger partial charge in [0.2, 0.25) is 0 Å². The van der Waals surface area contributed by atoms with Crippen LogP contribution in [0.1, 0.15) is 23.0 Å². The molecule has 20 heavy (non-hydrogen) atoms. The van der Waals surface area contributed by atoms with E-state index in [1.54, 1.807) is 18.7 Å². The largest absolute Gasteiger partial charge is 0.327 e. The molecule has 2 aromatic heterocycles. The lowest BCUT2D eigenvalue weighted by Crippen LogP contribution is -2.17. The first-order valence-electron chi connectivity index (χ1n) is 6.42. The van der Waals surface area contributed by atoms with Crippen LogP contribution in [0, 0.1) is 0 Å². The third-order valence-electron chi connectivity index (χ3n) is 3.18. The fraction of sp³-hybridized carbons (Fsp3) is 0.133. The van der Waals surface area contributed by atoms with E-state index in [2.05, 4.69) is 15.2 Å². The lowest BCUT2D eigenvalue weighted by Gasteiger charge is -2.14. The van der Waals surface area contributed by atoms with Crippen molar-refractivity contribution in [3.05, 3.63) is 78.1 Å². The topological polar surface area (TPSA) is 69.6 Å². The van der Waals surface area contributed by atoms with Crippen molar-refractivity contribution in [3.63, 3.8) is 0 Å². The van der Waals surface area contributed by atoms with Gasteiger partial charge in [-0.15, -0.1) is 0 Å². The molecule has 0 aliphatic heterocycles. The fourth-order valence-electron chi connectivity index (χ4n) is 2.15. The second-order valence-corrected chi connectivity index (χ2v) is 4.55. The standard InChI is InChI=1S/C15H15N5/c16-15(12-5-2-1-3-6-12)14-9-17-11-20(14)10-13-7-4-8-18-19-13/h1-9,11,15H,10,16H2. The first kappa shape index (κ1) is 12.5. The highest BCUT2D eigenvalue weighted by molar-refractivity contribution is 5.26. The Kier molecular flexibility index (Phi) is 3.52. The molecular formula is C15H15N5. The molecular weight excluding hydrogens is 250 g/mol. The van der Waals surface area contributed by atoms with E-state index in [4.69, 9.17) is 5.73 Å². The van der Waals surface area contributed by atoms with Gasteiger partial charge in [-0.1, -0.05) is 30.3 Å². The third-order valence-corrected chi connectivity index (χ3v) is 3.18. The second-order valence-electron chi connectivity index (χ2n) is 4.55. The maximum Gasteiger partial charge on any atom is 0.0952 e. The minimum Gasteiger partial charge on any atom is -0.327 e. The van der Waals surface area contributed by atoms with Crippen LogP contribution in [0.25, 0.3) is 0 Å². The van der Waals surface area contributed by atoms with Crippen molar-refractivity contribution < 1.29 is 0 Å². The molecule has 0 amide bonds. The summed E-state index contributed by atoms with van der Waals surface area (Å²) in [7, 11) is 0. The van der Waals surface area contributed by atoms with Crippen LogP contribution in [0.2, 0.25) is 0 Å². The van der Waals surface area contributed by atoms with Gasteiger partial charge in [-0.2, -0.15) is 10.2 Å². The monoisotopic (exact) mass is 265 g/mol. The first-order chi connectivity index (χ1) is 9.84. The Morgan fingerprint density at radius 3 is 2.70 bits per heavy atom. The second kappa shape index (κ2) is 5.63. The maximum atomic E-state index is 6.32. The number of nitrogens with two attached hydrogens (primary N) is 1. The molecule has 0 bridgehead atoms. The molecule has 3 aromatic rings. The predicted molar refractivity (Wildman–Crippen MR) is 75.8 cm³/mol. The molecule has 0 spiro atoms. The zero-order chi connectivity index (χ0) is 13.8. The number of imidazole rings is 1. The number of rotatable bonds is 4. The molecule has 2 N–H and O–H groups in total. The Morgan fingerprint density at radius 2 is 1.95 bits per heavy atom. The molecule has 1 atom stereocenters. The number of benzene rings is 1. The summed E-state index contributed by atoms with van der Waals surface area (Å²) in [4.78, 5) is 4.20. The lowest BCUT2D eigenvalue weighted by atomic mass is 10.1. The van der Waals surface area contributed by atoms with E-state index in [0.717, 1.165) is 17.0 Å². The number of hydrogen-bond acceptors (Lipinski definition) is 4. The first-order valence-corrected chi connectivity index (χ1v) is 6.42. The van der Waals surface area contributed by atoms with Gasteiger partial charge in [-0.05, 0) is 17.7 Å². The summed E-state index contributed by atoms with van der Waals surface area (Å²) in [6, 6.07) is 13.6. The smallest absolute Gasteiger partial charge is 0.0952 e. The minimum absolute atomic E-state index is 0.199. The van der Waals surface area contributed by atoms with E-state index in [1.165, 1.54) is 0 Å². The van der Waals surface area contributed by atoms with Crippen LogP contribution >= 0.6 is 0 Å². The average Bonchev–Trinajstić information content (AvgIpc) is 2.96. The molecule has 0 saturated carbocycles. The van der Waals surface area contributed by atoms with Gasteiger partial charge in [0.15, 0.2) is 0 Å². The van der Waals surface area contributed by atoms with Crippen molar-refractivity contribution in [2.75, 3.05) is 0 Å². The van der Waals surface area contributed by atoms with Crippen LogP contribution in [-0.2, 0) is 6.54 Å². The van der Waals surface area contributed by atoms with Crippen molar-refractivity contribution in [1.29, 1.82) is 0 Å². The summed E-state index contributed by atoms with van der Waals surface area (Å²) in [5.41, 5.74) is 9.22. The highest BCUT2D eigenvalue weighted by atomic mass is 15.1. The maximum absolute atomic E-state index is 6.32. The summed E-state index contributed by atoms with van der Waals surface area (Å²) in [6.07, 6.45) is 5.23. The van der Waals surface area contributed by atoms with E-state index in [-0.39, 0.29) is 6.04 Å². The van der Waals surface area contributed by atoms with Crippen LogP contribution in [0.4, 0.5) is 0 Å². The highest BCUT2D eigenvalue weighted by Gasteiger charge is 2.13. The molecule has 5 heteroatoms. The molecule has 1 aromatic carbocycles. The zero-order valence-corrected chi connectivity index (χ0v) is 10.9. The Hall–Kier alpha value is -2.53. The molecule has 0 aliphatic carbocycles. The molecule has 0 saturated heterocycles. The summed E-state index contributed by atoms with van der Waals surface area (Å²) in [5.74, 6) is 0. The van der Waals surface area contributed by atoms with Gasteiger partial charge in [0.05, 0.1) is 36.5 Å². The third kappa shape index (κ3) is 2.57. The molecule has 1 unspecified atom stereocenters. The molecule has 2 heterocycles. The Balaban J connectivity index is 1.87. The Morgan fingerprint density at radius 1 is 1.10 bits per heavy atom. The van der Waals surface area contributed by atoms with E-state index in [1.807, 2.05) is 47.0 Å². The van der Waals surface area contributed by atoms with Crippen LogP contribution < -0.4 is 5.73 Å². The Labute approximate surface area is 117 Å². The molecule has 5 nitrogen and oxygen atoms in total. The lowest BCUT2D eigenvalue weighted by molar-refractivity contribution is 0.677. The van der Waals surface area contributed by atoms with E-state index in [9.17, 15) is 0 Å². The quantitative estimate of drug-likeness (QED) is 0.780. The van der Waals surface area contributed by atoms with Crippen LogP contribution in [0.15, 0.2) is 61.2 Å². The summed E-state index contributed by atoms with van der Waals surface area (Å²) in [6.45, 7) is 0.615. The molecule has 0 fully saturated rings. The van der Waals surface area contributed by atoms with Gasteiger partial charge in [-0.3, -0.25) is 0 Å². The molecule has 100 valence electrons. The van der Waals surface area contributed by atoms with Crippen molar-refractivity contribution in [2.24, 2.45) is 5.73 Å². The van der Waals surface area contributed by atoms with Gasteiger partial charge < -0.3 is 10.3 Å². The number of hydrogen-bond donors (Lipinski definition) is 1. The predicted octanol–water partition coefficient (Wildman–Crippen LogP) is 1.77. The fourth-order valence-corrected chi connectivity index (χ4v) is 2.15. The van der Waals surface area contributed by atoms with Crippen LogP contribution in [0.5, 0.6) is 0 Å². The van der Waals surface area contributed by atoms with E-state index >= 15 is 0 Å². The molecule has 3 rings (SSSR count). The number of nitrogens with zero attached hydrogens (tertiary/aromatic N) is 4. The molecule has 0 radical (unpaired) electrons. The molecule has 0 aliphatic rings. The highest BCUT2D eigenvalue weighted by Crippen LogP contribution is 2.19. The van der Waals surface area contributed by atoms with Crippen molar-refractivity contribution in [3.8, 4) is 0 Å². The van der Waals surface area contributed by atoms with E-state index < -0.39 is 0 Å². The minimum atomic E-state index is -0.199.